The molecule has 38 heavy (non-hydrogen) atoms. The van der Waals surface area contributed by atoms with Crippen molar-refractivity contribution in [3.63, 3.8) is 0 Å². The fraction of sp³-hybridized carbons (Fsp3) is 0.346. The number of alkyl halides is 3. The fourth-order valence-corrected chi connectivity index (χ4v) is 5.00. The molecule has 2 N–H and O–H groups in total. The number of halogens is 3. The number of hydrogen-bond acceptors (Lipinski definition) is 8. The number of carbonyl (C=O) groups excluding carboxylic acids is 1. The normalized spacial score (nSPS) is 19.0. The fourth-order valence-electron chi connectivity index (χ4n) is 4.11. The summed E-state index contributed by atoms with van der Waals surface area (Å²) >= 11 is 1.22. The Morgan fingerprint density at radius 2 is 1.95 bits per heavy atom. The number of nitrogens with one attached hydrogen (secondary N) is 1. The lowest BCUT2D eigenvalue weighted by atomic mass is 10.1. The summed E-state index contributed by atoms with van der Waals surface area (Å²) in [4.78, 5) is 19.8. The van der Waals surface area contributed by atoms with Gasteiger partial charge in [0.2, 0.25) is 0 Å². The van der Waals surface area contributed by atoms with Crippen molar-refractivity contribution in [2.24, 2.45) is 4.99 Å². The predicted octanol–water partition coefficient (Wildman–Crippen LogP) is 4.39. The highest BCUT2D eigenvalue weighted by atomic mass is 32.2. The van der Waals surface area contributed by atoms with E-state index >= 15 is 0 Å². The minimum absolute atomic E-state index is 0.0446. The molecule has 12 heteroatoms. The van der Waals surface area contributed by atoms with Gasteiger partial charge in [0.25, 0.3) is 5.91 Å². The van der Waals surface area contributed by atoms with Crippen LogP contribution in [0.5, 0.6) is 17.2 Å². The van der Waals surface area contributed by atoms with E-state index < -0.39 is 17.5 Å². The van der Waals surface area contributed by atoms with Crippen LogP contribution in [0.25, 0.3) is 6.08 Å². The van der Waals surface area contributed by atoms with Gasteiger partial charge >= 0.3 is 6.18 Å². The first kappa shape index (κ1) is 27.5. The van der Waals surface area contributed by atoms with Gasteiger partial charge in [-0.15, -0.1) is 0 Å². The molecule has 200 valence electrons. The number of thioether (sulfide) groups is 1. The van der Waals surface area contributed by atoms with Gasteiger partial charge in [-0.05, 0) is 66.6 Å². The number of nitriles is 1. The van der Waals surface area contributed by atoms with Gasteiger partial charge in [0.05, 0.1) is 41.9 Å². The molecule has 2 fully saturated rings. The average molecular weight is 547 g/mol. The van der Waals surface area contributed by atoms with Crippen molar-refractivity contribution in [3.05, 3.63) is 58.0 Å². The number of aliphatic hydroxyl groups is 1. The summed E-state index contributed by atoms with van der Waals surface area (Å²) in [7, 11) is 1.36. The minimum atomic E-state index is -4.72. The number of benzene rings is 2. The van der Waals surface area contributed by atoms with Gasteiger partial charge < -0.3 is 24.8 Å². The Labute approximate surface area is 221 Å². The molecule has 0 saturated carbocycles. The average Bonchev–Trinajstić information content (AvgIpc) is 3.23. The van der Waals surface area contributed by atoms with Crippen molar-refractivity contribution in [2.75, 3.05) is 33.4 Å². The van der Waals surface area contributed by atoms with E-state index in [0.717, 1.165) is 38.1 Å². The number of hydrogen-bond donors (Lipinski definition) is 2. The molecule has 2 aliphatic heterocycles. The van der Waals surface area contributed by atoms with Crippen molar-refractivity contribution in [2.45, 2.75) is 25.1 Å². The summed E-state index contributed by atoms with van der Waals surface area (Å²) in [6.45, 7) is 2.45. The Balaban J connectivity index is 1.49. The van der Waals surface area contributed by atoms with Gasteiger partial charge in [0, 0.05) is 19.6 Å². The summed E-state index contributed by atoms with van der Waals surface area (Å²) in [6.07, 6.45) is -1.40. The number of amides is 1. The van der Waals surface area contributed by atoms with Crippen LogP contribution in [0.2, 0.25) is 0 Å². The maximum Gasteiger partial charge on any atom is 0.420 e. The van der Waals surface area contributed by atoms with Gasteiger partial charge in [-0.3, -0.25) is 9.79 Å². The molecule has 1 amide bonds. The smallest absolute Gasteiger partial charge is 0.420 e. The van der Waals surface area contributed by atoms with Crippen LogP contribution in [-0.4, -0.2) is 60.5 Å². The zero-order chi connectivity index (χ0) is 27.3. The first-order valence-electron chi connectivity index (χ1n) is 11.8. The minimum Gasteiger partial charge on any atom is -0.493 e. The van der Waals surface area contributed by atoms with Gasteiger partial charge in [-0.25, -0.2) is 0 Å². The first-order valence-corrected chi connectivity index (χ1v) is 12.6. The third-order valence-corrected chi connectivity index (χ3v) is 6.97. The van der Waals surface area contributed by atoms with E-state index in [1.807, 2.05) is 0 Å². The Kier molecular flexibility index (Phi) is 8.61. The SMILES string of the molecule is COc1cc(C=C2SC(=NC3CCN(CCO)CC3)NC2=O)ccc1Oc1ccc(C#N)cc1C(F)(F)F. The van der Waals surface area contributed by atoms with Crippen molar-refractivity contribution in [1.29, 1.82) is 5.26 Å². The lowest BCUT2D eigenvalue weighted by Gasteiger charge is -2.29. The zero-order valence-electron chi connectivity index (χ0n) is 20.4. The molecule has 0 radical (unpaired) electrons. The molecule has 2 saturated heterocycles. The number of aliphatic imine (C=N–C) groups is 1. The maximum absolute atomic E-state index is 13.5. The molecule has 2 aromatic rings. The number of piperidine rings is 1. The molecule has 8 nitrogen and oxygen atoms in total. The number of carbonyl (C=O) groups is 1. The van der Waals surface area contributed by atoms with Crippen molar-refractivity contribution >= 4 is 28.9 Å². The van der Waals surface area contributed by atoms with Gasteiger partial charge in [0.15, 0.2) is 16.7 Å². The van der Waals surface area contributed by atoms with Crippen molar-refractivity contribution < 1.29 is 32.5 Å². The lowest BCUT2D eigenvalue weighted by Crippen LogP contribution is -2.37. The number of nitrogens with zero attached hydrogens (tertiary/aromatic N) is 3. The standard InChI is InChI=1S/C26H25F3N4O4S/c1-36-22-13-16(2-5-21(22)37-20-4-3-17(15-30)12-19(20)26(27,28)29)14-23-24(35)32-25(38-23)31-18-6-8-33(9-7-18)10-11-34/h2-5,12-14,18,34H,6-11H2,1H3,(H,31,32,35). The molecule has 0 unspecified atom stereocenters. The second-order valence-electron chi connectivity index (χ2n) is 8.63. The molecule has 4 rings (SSSR count). The third-order valence-electron chi connectivity index (χ3n) is 6.04. The van der Waals surface area contributed by atoms with Gasteiger partial charge in [0.1, 0.15) is 5.75 Å². The predicted molar refractivity (Wildman–Crippen MR) is 137 cm³/mol. The largest absolute Gasteiger partial charge is 0.493 e. The highest BCUT2D eigenvalue weighted by molar-refractivity contribution is 8.18. The Morgan fingerprint density at radius 3 is 2.61 bits per heavy atom. The van der Waals surface area contributed by atoms with Crippen LogP contribution in [0.15, 0.2) is 46.3 Å². The maximum atomic E-state index is 13.5. The second kappa shape index (κ2) is 11.9. The molecule has 0 bridgehead atoms. The van der Waals surface area contributed by atoms with E-state index in [0.29, 0.717) is 22.2 Å². The number of methoxy groups -OCH3 is 1. The summed E-state index contributed by atoms with van der Waals surface area (Å²) in [6, 6.07) is 9.45. The van der Waals surface area contributed by atoms with Crippen LogP contribution in [0.4, 0.5) is 13.2 Å². The summed E-state index contributed by atoms with van der Waals surface area (Å²) in [5.74, 6) is -0.542. The van der Waals surface area contributed by atoms with Crippen LogP contribution >= 0.6 is 11.8 Å². The van der Waals surface area contributed by atoms with Crippen molar-refractivity contribution in [3.8, 4) is 23.3 Å². The lowest BCUT2D eigenvalue weighted by molar-refractivity contribution is -0.138. The van der Waals surface area contributed by atoms with Crippen LogP contribution in [-0.2, 0) is 11.0 Å². The third kappa shape index (κ3) is 6.66. The topological polar surface area (TPSA) is 107 Å². The van der Waals surface area contributed by atoms with Gasteiger partial charge in [-0.1, -0.05) is 6.07 Å². The van der Waals surface area contributed by atoms with E-state index in [1.165, 1.54) is 31.0 Å². The molecule has 0 atom stereocenters. The van der Waals surface area contributed by atoms with E-state index in [4.69, 9.17) is 19.8 Å². The molecule has 2 aliphatic rings. The molecule has 2 heterocycles. The number of amidine groups is 1. The summed E-state index contributed by atoms with van der Waals surface area (Å²) in [5.41, 5.74) is -0.628. The van der Waals surface area contributed by atoms with Gasteiger partial charge in [-0.2, -0.15) is 18.4 Å². The van der Waals surface area contributed by atoms with Crippen molar-refractivity contribution in [1.82, 2.24) is 10.2 Å². The Morgan fingerprint density at radius 1 is 1.21 bits per heavy atom. The highest BCUT2D eigenvalue weighted by Gasteiger charge is 2.35. The van der Waals surface area contributed by atoms with E-state index in [1.54, 1.807) is 24.3 Å². The van der Waals surface area contributed by atoms with Crippen LogP contribution in [0.3, 0.4) is 0 Å². The van der Waals surface area contributed by atoms with E-state index in [-0.39, 0.29) is 35.6 Å². The Hall–Kier alpha value is -3.53. The molecule has 0 aliphatic carbocycles. The van der Waals surface area contributed by atoms with E-state index in [9.17, 15) is 18.0 Å². The molecule has 2 aromatic carbocycles. The molecule has 0 spiro atoms. The molecule has 0 aromatic heterocycles. The molecular formula is C26H25F3N4O4S. The second-order valence-corrected chi connectivity index (χ2v) is 9.66. The quantitative estimate of drug-likeness (QED) is 0.496. The number of aliphatic hydroxyl groups excluding tert-OH is 1. The first-order chi connectivity index (χ1) is 18.2. The van der Waals surface area contributed by atoms with E-state index in [2.05, 4.69) is 15.2 Å². The monoisotopic (exact) mass is 546 g/mol. The summed E-state index contributed by atoms with van der Waals surface area (Å²) in [5, 5.41) is 21.3. The number of rotatable bonds is 7. The van der Waals surface area contributed by atoms with Crippen LogP contribution in [0, 0.1) is 11.3 Å². The highest BCUT2D eigenvalue weighted by Crippen LogP contribution is 2.41. The summed E-state index contributed by atoms with van der Waals surface area (Å²) < 4.78 is 51.4. The number of likely N-dealkylation sites (tertiary alicyclic amines) is 1. The zero-order valence-corrected chi connectivity index (χ0v) is 21.2. The molecular weight excluding hydrogens is 521 g/mol. The Bertz CT molecular complexity index is 1300. The number of ether oxygens (including phenoxy) is 2. The number of β-amino-alcohol motifs (C(OH)–C–C–N with tert-alkyl or cyclic N) is 1. The van der Waals surface area contributed by atoms with Crippen LogP contribution in [0.1, 0.15) is 29.5 Å². The van der Waals surface area contributed by atoms with Crippen LogP contribution < -0.4 is 14.8 Å².